The summed E-state index contributed by atoms with van der Waals surface area (Å²) in [6, 6.07) is 10.6. The van der Waals surface area contributed by atoms with E-state index < -0.39 is 30.2 Å². The lowest BCUT2D eigenvalue weighted by Gasteiger charge is -2.26. The number of fused-ring (bicyclic) bond motifs is 1. The zero-order valence-corrected chi connectivity index (χ0v) is 17.1. The van der Waals surface area contributed by atoms with Crippen LogP contribution in [0.25, 0.3) is 0 Å². The smallest absolute Gasteiger partial charge is 0.305 e. The van der Waals surface area contributed by atoms with Crippen LogP contribution in [0.1, 0.15) is 65.4 Å². The lowest BCUT2D eigenvalue weighted by atomic mass is 10.0. The monoisotopic (exact) mass is 411 g/mol. The molecule has 0 spiro atoms. The molecular weight excluding hydrogens is 386 g/mol. The molecule has 7 nitrogen and oxygen atoms in total. The van der Waals surface area contributed by atoms with Crippen molar-refractivity contribution < 1.29 is 29.0 Å². The molecule has 0 bridgehead atoms. The van der Waals surface area contributed by atoms with E-state index in [0.29, 0.717) is 30.3 Å². The highest BCUT2D eigenvalue weighted by molar-refractivity contribution is 6.21. The molecule has 0 radical (unpaired) electrons. The molecular formula is C23H25NO6. The summed E-state index contributed by atoms with van der Waals surface area (Å²) in [6.07, 6.45) is 1.20. The van der Waals surface area contributed by atoms with Crippen LogP contribution in [-0.2, 0) is 4.79 Å². The van der Waals surface area contributed by atoms with Crippen molar-refractivity contribution in [3.63, 3.8) is 0 Å². The van der Waals surface area contributed by atoms with Gasteiger partial charge >= 0.3 is 5.97 Å². The molecule has 1 N–H and O–H groups in total. The normalized spacial score (nSPS) is 13.9. The van der Waals surface area contributed by atoms with Gasteiger partial charge in [0.2, 0.25) is 0 Å². The van der Waals surface area contributed by atoms with Gasteiger partial charge in [-0.3, -0.25) is 19.3 Å². The van der Waals surface area contributed by atoms with E-state index >= 15 is 0 Å². The number of ether oxygens (including phenoxy) is 2. The van der Waals surface area contributed by atoms with Crippen LogP contribution in [0.5, 0.6) is 11.5 Å². The Morgan fingerprint density at radius 1 is 0.933 bits per heavy atom. The molecule has 30 heavy (non-hydrogen) atoms. The largest absolute Gasteiger partial charge is 0.490 e. The van der Waals surface area contributed by atoms with Crippen LogP contribution < -0.4 is 9.47 Å². The highest BCUT2D eigenvalue weighted by atomic mass is 16.5. The van der Waals surface area contributed by atoms with Gasteiger partial charge in [0, 0.05) is 0 Å². The predicted octanol–water partition coefficient (Wildman–Crippen LogP) is 4.08. The Bertz CT molecular complexity index is 919. The number of nitrogens with zero attached hydrogens (tertiary/aromatic N) is 1. The van der Waals surface area contributed by atoms with Crippen molar-refractivity contribution in [2.45, 2.75) is 39.2 Å². The highest BCUT2D eigenvalue weighted by Crippen LogP contribution is 2.37. The van der Waals surface area contributed by atoms with Gasteiger partial charge < -0.3 is 14.6 Å². The number of carboxylic acid groups (broad SMARTS) is 1. The second kappa shape index (κ2) is 9.43. The Labute approximate surface area is 175 Å². The van der Waals surface area contributed by atoms with Gasteiger partial charge in [-0.1, -0.05) is 32.0 Å². The van der Waals surface area contributed by atoms with Crippen molar-refractivity contribution >= 4 is 17.8 Å². The number of imide groups is 1. The third-order valence-corrected chi connectivity index (χ3v) is 4.78. The van der Waals surface area contributed by atoms with E-state index in [-0.39, 0.29) is 11.1 Å². The van der Waals surface area contributed by atoms with E-state index in [0.717, 1.165) is 17.7 Å². The molecule has 2 aromatic carbocycles. The van der Waals surface area contributed by atoms with Gasteiger partial charge in [0.05, 0.1) is 36.8 Å². The van der Waals surface area contributed by atoms with Gasteiger partial charge in [-0.25, -0.2) is 0 Å². The summed E-state index contributed by atoms with van der Waals surface area (Å²) >= 11 is 0. The average molecular weight is 411 g/mol. The molecule has 2 aromatic rings. The van der Waals surface area contributed by atoms with Crippen LogP contribution in [-0.4, -0.2) is 41.0 Å². The van der Waals surface area contributed by atoms with Crippen molar-refractivity contribution in [3.8, 4) is 11.5 Å². The molecule has 0 saturated carbocycles. The summed E-state index contributed by atoms with van der Waals surface area (Å²) in [5.41, 5.74) is 1.06. The minimum Gasteiger partial charge on any atom is -0.490 e. The number of aliphatic carboxylic acids is 1. The third-order valence-electron chi connectivity index (χ3n) is 4.78. The minimum absolute atomic E-state index is 0.281. The van der Waals surface area contributed by atoms with Gasteiger partial charge in [-0.15, -0.1) is 0 Å². The zero-order chi connectivity index (χ0) is 21.7. The molecule has 0 aromatic heterocycles. The maximum Gasteiger partial charge on any atom is 0.305 e. The van der Waals surface area contributed by atoms with E-state index in [9.17, 15) is 19.5 Å². The molecule has 1 atom stereocenters. The standard InChI is InChI=1S/C23H25NO6/c1-3-11-29-19-10-9-15(13-20(19)30-12-4-2)18(14-21(25)26)24-22(27)16-7-5-6-8-17(16)23(24)28/h5-10,13,18H,3-4,11-12,14H2,1-2H3,(H,25,26). The van der Waals surface area contributed by atoms with E-state index in [1.54, 1.807) is 42.5 Å². The number of carboxylic acids is 1. The van der Waals surface area contributed by atoms with Crippen LogP contribution in [0.2, 0.25) is 0 Å². The molecule has 1 aliphatic rings. The van der Waals surface area contributed by atoms with E-state index in [2.05, 4.69) is 0 Å². The summed E-state index contributed by atoms with van der Waals surface area (Å²) in [7, 11) is 0. The SMILES string of the molecule is CCCOc1ccc(C(CC(=O)O)N2C(=O)c3ccccc3C2=O)cc1OCCC. The third kappa shape index (κ3) is 4.30. The fourth-order valence-electron chi connectivity index (χ4n) is 3.40. The minimum atomic E-state index is -1.11. The second-order valence-corrected chi connectivity index (χ2v) is 7.04. The Morgan fingerprint density at radius 2 is 1.50 bits per heavy atom. The Kier molecular flexibility index (Phi) is 6.72. The van der Waals surface area contributed by atoms with Gasteiger partial charge in [0.15, 0.2) is 11.5 Å². The molecule has 1 heterocycles. The summed E-state index contributed by atoms with van der Waals surface area (Å²) in [5.74, 6) is -1.09. The number of carbonyl (C=O) groups is 3. The summed E-state index contributed by atoms with van der Waals surface area (Å²) < 4.78 is 11.5. The first-order valence-electron chi connectivity index (χ1n) is 10.1. The van der Waals surface area contributed by atoms with Crippen molar-refractivity contribution in [2.24, 2.45) is 0 Å². The predicted molar refractivity (Wildman–Crippen MR) is 110 cm³/mol. The van der Waals surface area contributed by atoms with Crippen LogP contribution in [0, 0.1) is 0 Å². The molecule has 1 unspecified atom stereocenters. The number of benzene rings is 2. The number of hydrogen-bond donors (Lipinski definition) is 1. The van der Waals surface area contributed by atoms with Crippen LogP contribution >= 0.6 is 0 Å². The molecule has 3 rings (SSSR count). The van der Waals surface area contributed by atoms with Crippen molar-refractivity contribution in [1.82, 2.24) is 4.90 Å². The van der Waals surface area contributed by atoms with E-state index in [1.165, 1.54) is 0 Å². The molecule has 1 aliphatic heterocycles. The lowest BCUT2D eigenvalue weighted by Crippen LogP contribution is -2.35. The Morgan fingerprint density at radius 3 is 2.03 bits per heavy atom. The van der Waals surface area contributed by atoms with Crippen LogP contribution in [0.15, 0.2) is 42.5 Å². The molecule has 158 valence electrons. The molecule has 2 amide bonds. The average Bonchev–Trinajstić information content (AvgIpc) is 2.99. The van der Waals surface area contributed by atoms with Gasteiger partial charge in [0.25, 0.3) is 11.8 Å². The number of carbonyl (C=O) groups excluding carboxylic acids is 2. The van der Waals surface area contributed by atoms with E-state index in [1.807, 2.05) is 13.8 Å². The highest BCUT2D eigenvalue weighted by Gasteiger charge is 2.41. The summed E-state index contributed by atoms with van der Waals surface area (Å²) in [6.45, 7) is 4.94. The first-order chi connectivity index (χ1) is 14.5. The van der Waals surface area contributed by atoms with Crippen LogP contribution in [0.4, 0.5) is 0 Å². The number of amides is 2. The molecule has 0 aliphatic carbocycles. The maximum absolute atomic E-state index is 12.9. The lowest BCUT2D eigenvalue weighted by molar-refractivity contribution is -0.138. The Balaban J connectivity index is 2.01. The Hall–Kier alpha value is -3.35. The topological polar surface area (TPSA) is 93.1 Å². The number of hydrogen-bond acceptors (Lipinski definition) is 5. The van der Waals surface area contributed by atoms with Crippen molar-refractivity contribution in [1.29, 1.82) is 0 Å². The van der Waals surface area contributed by atoms with Gasteiger partial charge in [-0.05, 0) is 42.7 Å². The van der Waals surface area contributed by atoms with Gasteiger partial charge in [0.1, 0.15) is 0 Å². The van der Waals surface area contributed by atoms with E-state index in [4.69, 9.17) is 9.47 Å². The first-order valence-corrected chi connectivity index (χ1v) is 10.1. The first kappa shape index (κ1) is 21.4. The fraction of sp³-hybridized carbons (Fsp3) is 0.348. The maximum atomic E-state index is 12.9. The summed E-state index contributed by atoms with van der Waals surface area (Å²) in [5, 5.41) is 9.47. The molecule has 0 saturated heterocycles. The fourth-order valence-corrected chi connectivity index (χ4v) is 3.40. The summed E-state index contributed by atoms with van der Waals surface area (Å²) in [4.78, 5) is 38.5. The van der Waals surface area contributed by atoms with Crippen LogP contribution in [0.3, 0.4) is 0 Å². The molecule has 7 heteroatoms. The van der Waals surface area contributed by atoms with Crippen molar-refractivity contribution in [3.05, 3.63) is 59.2 Å². The molecule has 0 fully saturated rings. The van der Waals surface area contributed by atoms with Gasteiger partial charge in [-0.2, -0.15) is 0 Å². The number of rotatable bonds is 10. The zero-order valence-electron chi connectivity index (χ0n) is 17.1. The van der Waals surface area contributed by atoms with Crippen molar-refractivity contribution in [2.75, 3.05) is 13.2 Å². The second-order valence-electron chi connectivity index (χ2n) is 7.04. The quantitative estimate of drug-likeness (QED) is 0.592.